The van der Waals surface area contributed by atoms with Gasteiger partial charge in [-0.3, -0.25) is 4.79 Å². The third kappa shape index (κ3) is 4.20. The second kappa shape index (κ2) is 8.16. The molecule has 0 aromatic carbocycles. The second-order valence-electron chi connectivity index (χ2n) is 6.24. The Morgan fingerprint density at radius 1 is 1.32 bits per heavy atom. The van der Waals surface area contributed by atoms with Crippen LogP contribution in [0.5, 0.6) is 0 Å². The van der Waals surface area contributed by atoms with E-state index in [0.29, 0.717) is 17.9 Å². The lowest BCUT2D eigenvalue weighted by Gasteiger charge is -2.18. The first-order chi connectivity index (χ1) is 12.2. The van der Waals surface area contributed by atoms with Crippen molar-refractivity contribution in [2.75, 3.05) is 31.7 Å². The lowest BCUT2D eigenvalue weighted by molar-refractivity contribution is 0.0882. The summed E-state index contributed by atoms with van der Waals surface area (Å²) < 4.78 is 11.0. The summed E-state index contributed by atoms with van der Waals surface area (Å²) in [6.07, 6.45) is 4.85. The number of hydrogen-bond acceptors (Lipinski definition) is 5. The molecular formula is C19H25N3O3. The van der Waals surface area contributed by atoms with E-state index in [4.69, 9.17) is 9.15 Å². The van der Waals surface area contributed by atoms with E-state index < -0.39 is 0 Å². The van der Waals surface area contributed by atoms with Gasteiger partial charge in [-0.25, -0.2) is 4.98 Å². The van der Waals surface area contributed by atoms with Crippen LogP contribution < -0.4 is 10.2 Å². The summed E-state index contributed by atoms with van der Waals surface area (Å²) in [4.78, 5) is 19.2. The highest BCUT2D eigenvalue weighted by atomic mass is 16.5. The van der Waals surface area contributed by atoms with Gasteiger partial charge in [-0.1, -0.05) is 6.92 Å². The average molecular weight is 343 g/mol. The molecule has 6 nitrogen and oxygen atoms in total. The van der Waals surface area contributed by atoms with Crippen LogP contribution in [-0.2, 0) is 11.2 Å². The van der Waals surface area contributed by atoms with Crippen LogP contribution in [0.2, 0.25) is 0 Å². The molecule has 1 saturated heterocycles. The number of pyridine rings is 1. The molecule has 1 aliphatic rings. The molecule has 3 heterocycles. The molecule has 2 aromatic heterocycles. The Kier molecular flexibility index (Phi) is 5.71. The number of rotatable bonds is 7. The van der Waals surface area contributed by atoms with Gasteiger partial charge in [-0.2, -0.15) is 0 Å². The molecule has 1 aliphatic heterocycles. The number of aryl methyl sites for hydroxylation is 1. The zero-order chi connectivity index (χ0) is 17.6. The highest BCUT2D eigenvalue weighted by Gasteiger charge is 2.20. The number of ether oxygens (including phenoxy) is 1. The SMILES string of the molecule is CCc1ccc([C@H](COC)NC(=O)c2ccc(N3CCCC3)nc2)o1. The first kappa shape index (κ1) is 17.5. The normalized spacial score (nSPS) is 15.4. The van der Waals surface area contributed by atoms with Gasteiger partial charge in [0.05, 0.1) is 12.2 Å². The molecule has 1 fully saturated rings. The minimum atomic E-state index is -0.323. The minimum absolute atomic E-state index is 0.183. The maximum Gasteiger partial charge on any atom is 0.253 e. The van der Waals surface area contributed by atoms with Crippen LogP contribution in [0.1, 0.15) is 47.7 Å². The van der Waals surface area contributed by atoms with Gasteiger partial charge in [0.25, 0.3) is 5.91 Å². The maximum atomic E-state index is 12.6. The average Bonchev–Trinajstić information content (AvgIpc) is 3.33. The van der Waals surface area contributed by atoms with Crippen molar-refractivity contribution in [2.45, 2.75) is 32.2 Å². The molecule has 134 valence electrons. The van der Waals surface area contributed by atoms with Crippen molar-refractivity contribution in [1.29, 1.82) is 0 Å². The summed E-state index contributed by atoms with van der Waals surface area (Å²) in [7, 11) is 1.61. The largest absolute Gasteiger partial charge is 0.464 e. The summed E-state index contributed by atoms with van der Waals surface area (Å²) in [6, 6.07) is 7.22. The van der Waals surface area contributed by atoms with Crippen molar-refractivity contribution in [3.8, 4) is 0 Å². The first-order valence-electron chi connectivity index (χ1n) is 8.80. The maximum absolute atomic E-state index is 12.6. The predicted molar refractivity (Wildman–Crippen MR) is 95.9 cm³/mol. The molecule has 6 heteroatoms. The van der Waals surface area contributed by atoms with Gasteiger partial charge in [0.2, 0.25) is 0 Å². The van der Waals surface area contributed by atoms with Crippen molar-refractivity contribution < 1.29 is 13.9 Å². The number of methoxy groups -OCH3 is 1. The van der Waals surface area contributed by atoms with Gasteiger partial charge in [0.15, 0.2) is 0 Å². The third-order valence-corrected chi connectivity index (χ3v) is 4.45. The lowest BCUT2D eigenvalue weighted by Crippen LogP contribution is -2.31. The summed E-state index contributed by atoms with van der Waals surface area (Å²) in [5.74, 6) is 2.34. The van der Waals surface area contributed by atoms with Crippen LogP contribution in [0.15, 0.2) is 34.9 Å². The zero-order valence-corrected chi connectivity index (χ0v) is 14.8. The summed E-state index contributed by atoms with van der Waals surface area (Å²) in [5, 5.41) is 2.97. The fraction of sp³-hybridized carbons (Fsp3) is 0.474. The second-order valence-corrected chi connectivity index (χ2v) is 6.24. The number of carbonyl (C=O) groups excluding carboxylic acids is 1. The van der Waals surface area contributed by atoms with Crippen molar-refractivity contribution >= 4 is 11.7 Å². The van der Waals surface area contributed by atoms with E-state index in [2.05, 4.69) is 15.2 Å². The number of aromatic nitrogens is 1. The topological polar surface area (TPSA) is 67.6 Å². The molecule has 2 aromatic rings. The first-order valence-corrected chi connectivity index (χ1v) is 8.80. The molecule has 0 spiro atoms. The third-order valence-electron chi connectivity index (χ3n) is 4.45. The molecule has 3 rings (SSSR count). The number of hydrogen-bond donors (Lipinski definition) is 1. The zero-order valence-electron chi connectivity index (χ0n) is 14.8. The monoisotopic (exact) mass is 343 g/mol. The Labute approximate surface area is 148 Å². The van der Waals surface area contributed by atoms with E-state index >= 15 is 0 Å². The molecule has 0 saturated carbocycles. The molecule has 0 unspecified atom stereocenters. The standard InChI is InChI=1S/C19H25N3O3/c1-3-15-7-8-17(25-15)16(13-24-2)21-19(23)14-6-9-18(20-12-14)22-10-4-5-11-22/h6-9,12,16H,3-5,10-11,13H2,1-2H3,(H,21,23)/t16-/m0/s1. The Hall–Kier alpha value is -2.34. The Bertz CT molecular complexity index is 690. The van der Waals surface area contributed by atoms with Crippen LogP contribution >= 0.6 is 0 Å². The Morgan fingerprint density at radius 3 is 2.72 bits per heavy atom. The van der Waals surface area contributed by atoms with Crippen LogP contribution in [0.25, 0.3) is 0 Å². The van der Waals surface area contributed by atoms with Gasteiger partial charge in [0.1, 0.15) is 23.4 Å². The van der Waals surface area contributed by atoms with Gasteiger partial charge < -0.3 is 19.4 Å². The van der Waals surface area contributed by atoms with Crippen LogP contribution in [0.3, 0.4) is 0 Å². The van der Waals surface area contributed by atoms with Crippen LogP contribution in [-0.4, -0.2) is 37.7 Å². The predicted octanol–water partition coefficient (Wildman–Crippen LogP) is 2.95. The number of amides is 1. The molecule has 1 atom stereocenters. The molecule has 0 bridgehead atoms. The quantitative estimate of drug-likeness (QED) is 0.837. The summed E-state index contributed by atoms with van der Waals surface area (Å²) in [5.41, 5.74) is 0.534. The molecule has 0 radical (unpaired) electrons. The smallest absolute Gasteiger partial charge is 0.253 e. The highest BCUT2D eigenvalue weighted by Crippen LogP contribution is 2.20. The van der Waals surface area contributed by atoms with E-state index in [1.807, 2.05) is 31.2 Å². The van der Waals surface area contributed by atoms with Gasteiger partial charge >= 0.3 is 0 Å². The number of furan rings is 1. The number of nitrogens with one attached hydrogen (secondary N) is 1. The van der Waals surface area contributed by atoms with Crippen molar-refractivity contribution in [3.63, 3.8) is 0 Å². The van der Waals surface area contributed by atoms with Gasteiger partial charge in [-0.15, -0.1) is 0 Å². The summed E-state index contributed by atoms with van der Waals surface area (Å²) >= 11 is 0. The number of anilines is 1. The van der Waals surface area contributed by atoms with Gasteiger partial charge in [0, 0.05) is 32.8 Å². The molecule has 0 aliphatic carbocycles. The molecule has 1 N–H and O–H groups in total. The van der Waals surface area contributed by atoms with Crippen molar-refractivity contribution in [1.82, 2.24) is 10.3 Å². The van der Waals surface area contributed by atoms with Gasteiger partial charge in [-0.05, 0) is 37.1 Å². The Morgan fingerprint density at radius 2 is 2.12 bits per heavy atom. The number of carbonyl (C=O) groups is 1. The fourth-order valence-electron chi connectivity index (χ4n) is 3.03. The highest BCUT2D eigenvalue weighted by molar-refractivity contribution is 5.94. The van der Waals surface area contributed by atoms with Crippen LogP contribution in [0.4, 0.5) is 5.82 Å². The lowest BCUT2D eigenvalue weighted by atomic mass is 10.2. The van der Waals surface area contributed by atoms with E-state index in [0.717, 1.165) is 31.1 Å². The fourth-order valence-corrected chi connectivity index (χ4v) is 3.03. The Balaban J connectivity index is 1.68. The van der Waals surface area contributed by atoms with Crippen LogP contribution in [0, 0.1) is 0 Å². The minimum Gasteiger partial charge on any atom is -0.464 e. The molecule has 25 heavy (non-hydrogen) atoms. The van der Waals surface area contributed by atoms with Crippen molar-refractivity contribution in [2.24, 2.45) is 0 Å². The molecular weight excluding hydrogens is 318 g/mol. The molecule has 1 amide bonds. The van der Waals surface area contributed by atoms with E-state index in [9.17, 15) is 4.79 Å². The van der Waals surface area contributed by atoms with Crippen molar-refractivity contribution in [3.05, 3.63) is 47.5 Å². The van der Waals surface area contributed by atoms with E-state index in [-0.39, 0.29) is 11.9 Å². The van der Waals surface area contributed by atoms with E-state index in [1.165, 1.54) is 12.8 Å². The summed E-state index contributed by atoms with van der Waals surface area (Å²) in [6.45, 7) is 4.45. The number of nitrogens with zero attached hydrogens (tertiary/aromatic N) is 2. The van der Waals surface area contributed by atoms with E-state index in [1.54, 1.807) is 13.3 Å².